The van der Waals surface area contributed by atoms with Gasteiger partial charge in [-0.1, -0.05) is 17.7 Å². The van der Waals surface area contributed by atoms with Crippen molar-refractivity contribution in [3.8, 4) is 0 Å². The Kier molecular flexibility index (Phi) is 5.27. The molecule has 1 aliphatic rings. The highest BCUT2D eigenvalue weighted by Gasteiger charge is 2.15. The first-order valence-corrected chi connectivity index (χ1v) is 10.3. The van der Waals surface area contributed by atoms with Gasteiger partial charge in [0.05, 0.1) is 13.2 Å². The van der Waals surface area contributed by atoms with Crippen molar-refractivity contribution in [1.29, 1.82) is 0 Å². The van der Waals surface area contributed by atoms with Crippen LogP contribution in [-0.4, -0.2) is 46.6 Å². The molecule has 0 spiro atoms. The maximum atomic E-state index is 6.27. The van der Waals surface area contributed by atoms with E-state index < -0.39 is 0 Å². The van der Waals surface area contributed by atoms with Crippen molar-refractivity contribution in [2.45, 2.75) is 6.92 Å². The van der Waals surface area contributed by atoms with Crippen LogP contribution in [0, 0.1) is 6.92 Å². The summed E-state index contributed by atoms with van der Waals surface area (Å²) < 4.78 is 10.2. The first-order chi connectivity index (χ1) is 15.2. The molecule has 0 amide bonds. The van der Waals surface area contributed by atoms with Crippen LogP contribution < -0.4 is 15.5 Å². The quantitative estimate of drug-likeness (QED) is 0.473. The molecule has 5 rings (SSSR count). The number of morpholine rings is 1. The van der Waals surface area contributed by atoms with Crippen LogP contribution in [0.15, 0.2) is 47.1 Å². The van der Waals surface area contributed by atoms with E-state index in [2.05, 4.69) is 47.9 Å². The maximum Gasteiger partial charge on any atom is 0.245 e. The summed E-state index contributed by atoms with van der Waals surface area (Å²) >= 11 is 6.27. The van der Waals surface area contributed by atoms with Crippen molar-refractivity contribution in [2.24, 2.45) is 0 Å². The lowest BCUT2D eigenvalue weighted by atomic mass is 10.2. The monoisotopic (exact) mass is 437 g/mol. The molecule has 0 aliphatic carbocycles. The third kappa shape index (κ3) is 4.23. The second kappa shape index (κ2) is 8.37. The first-order valence-electron chi connectivity index (χ1n) is 9.89. The number of fused-ring (bicyclic) bond motifs is 1. The SMILES string of the molecule is Cc1ccc(Nc2nc3nonc3nc2Nc2ccc(N3CCOCC3)cc2)cc1Cl. The Morgan fingerprint density at radius 3 is 2.13 bits per heavy atom. The number of ether oxygens (including phenoxy) is 1. The van der Waals surface area contributed by atoms with Gasteiger partial charge in [-0.05, 0) is 59.2 Å². The van der Waals surface area contributed by atoms with Gasteiger partial charge >= 0.3 is 0 Å². The number of benzene rings is 2. The minimum atomic E-state index is 0.314. The molecule has 1 fully saturated rings. The van der Waals surface area contributed by atoms with Crippen molar-refractivity contribution in [3.05, 3.63) is 53.1 Å². The highest BCUT2D eigenvalue weighted by Crippen LogP contribution is 2.29. The number of nitrogens with zero attached hydrogens (tertiary/aromatic N) is 5. The number of aromatic nitrogens is 4. The highest BCUT2D eigenvalue weighted by molar-refractivity contribution is 6.31. The number of nitrogens with one attached hydrogen (secondary N) is 2. The summed E-state index contributed by atoms with van der Waals surface area (Å²) in [7, 11) is 0. The Hall–Kier alpha value is -3.43. The molecule has 2 aromatic carbocycles. The fourth-order valence-electron chi connectivity index (χ4n) is 3.33. The molecule has 4 aromatic rings. The van der Waals surface area contributed by atoms with Gasteiger partial charge < -0.3 is 20.3 Å². The standard InChI is InChI=1S/C21H20ClN7O2/c1-13-2-3-15(12-17(13)22)24-19-18(25-20-21(26-19)28-31-27-20)23-14-4-6-16(7-5-14)29-8-10-30-11-9-29/h2-7,12H,8-11H2,1H3,(H,23,25,27)(H,24,26,28). The van der Waals surface area contributed by atoms with E-state index in [9.17, 15) is 0 Å². The zero-order chi connectivity index (χ0) is 21.2. The van der Waals surface area contributed by atoms with Gasteiger partial charge in [-0.15, -0.1) is 0 Å². The number of anilines is 5. The highest BCUT2D eigenvalue weighted by atomic mass is 35.5. The summed E-state index contributed by atoms with van der Waals surface area (Å²) in [5.74, 6) is 0.986. The smallest absolute Gasteiger partial charge is 0.245 e. The van der Waals surface area contributed by atoms with Crippen LogP contribution in [-0.2, 0) is 4.74 Å². The van der Waals surface area contributed by atoms with Crippen molar-refractivity contribution < 1.29 is 9.37 Å². The van der Waals surface area contributed by atoms with Crippen molar-refractivity contribution >= 4 is 51.6 Å². The van der Waals surface area contributed by atoms with Gasteiger partial charge in [0.2, 0.25) is 11.3 Å². The van der Waals surface area contributed by atoms with Gasteiger partial charge in [-0.3, -0.25) is 0 Å². The summed E-state index contributed by atoms with van der Waals surface area (Å²) in [6.07, 6.45) is 0. The summed E-state index contributed by atoms with van der Waals surface area (Å²) in [5.41, 5.74) is 4.43. The molecule has 0 saturated carbocycles. The molecular weight excluding hydrogens is 418 g/mol. The number of hydrogen-bond donors (Lipinski definition) is 2. The Morgan fingerprint density at radius 1 is 0.871 bits per heavy atom. The van der Waals surface area contributed by atoms with E-state index in [-0.39, 0.29) is 0 Å². The molecule has 0 radical (unpaired) electrons. The summed E-state index contributed by atoms with van der Waals surface area (Å²) in [5, 5.41) is 14.8. The summed E-state index contributed by atoms with van der Waals surface area (Å²) in [4.78, 5) is 11.3. The van der Waals surface area contributed by atoms with Crippen molar-refractivity contribution in [1.82, 2.24) is 20.3 Å². The Morgan fingerprint density at radius 2 is 1.48 bits per heavy atom. The molecule has 10 heteroatoms. The Bertz CT molecular complexity index is 1210. The van der Waals surface area contributed by atoms with Crippen LogP contribution in [0.25, 0.3) is 11.3 Å². The third-order valence-electron chi connectivity index (χ3n) is 5.06. The Balaban J connectivity index is 1.42. The molecule has 9 nitrogen and oxygen atoms in total. The molecule has 0 unspecified atom stereocenters. The van der Waals surface area contributed by atoms with Crippen LogP contribution in [0.1, 0.15) is 5.56 Å². The molecule has 2 aromatic heterocycles. The Labute approximate surface area is 183 Å². The maximum absolute atomic E-state index is 6.27. The fourth-order valence-corrected chi connectivity index (χ4v) is 3.51. The predicted molar refractivity (Wildman–Crippen MR) is 120 cm³/mol. The summed E-state index contributed by atoms with van der Waals surface area (Å²) in [6, 6.07) is 13.9. The van der Waals surface area contributed by atoms with Crippen LogP contribution >= 0.6 is 11.6 Å². The van der Waals surface area contributed by atoms with E-state index in [1.807, 2.05) is 37.3 Å². The lowest BCUT2D eigenvalue weighted by Crippen LogP contribution is -2.36. The van der Waals surface area contributed by atoms with Crippen LogP contribution in [0.2, 0.25) is 5.02 Å². The van der Waals surface area contributed by atoms with Crippen LogP contribution in [0.5, 0.6) is 0 Å². The number of aryl methyl sites for hydroxylation is 1. The first kappa shape index (κ1) is 19.5. The zero-order valence-corrected chi connectivity index (χ0v) is 17.6. The minimum Gasteiger partial charge on any atom is -0.378 e. The number of hydrogen-bond acceptors (Lipinski definition) is 9. The third-order valence-corrected chi connectivity index (χ3v) is 5.46. The number of halogens is 1. The molecule has 0 bridgehead atoms. The molecule has 31 heavy (non-hydrogen) atoms. The van der Waals surface area contributed by atoms with Gasteiger partial charge in [-0.25, -0.2) is 14.6 Å². The normalized spacial score (nSPS) is 14.1. The van der Waals surface area contributed by atoms with E-state index in [4.69, 9.17) is 21.0 Å². The van der Waals surface area contributed by atoms with Crippen molar-refractivity contribution in [3.63, 3.8) is 0 Å². The largest absolute Gasteiger partial charge is 0.378 e. The van der Waals surface area contributed by atoms with Crippen LogP contribution in [0.3, 0.4) is 0 Å². The molecule has 158 valence electrons. The molecule has 1 saturated heterocycles. The predicted octanol–water partition coefficient (Wildman–Crippen LogP) is 4.30. The van der Waals surface area contributed by atoms with E-state index in [0.29, 0.717) is 28.0 Å². The number of rotatable bonds is 5. The summed E-state index contributed by atoms with van der Waals surface area (Å²) in [6.45, 7) is 5.23. The van der Waals surface area contributed by atoms with E-state index >= 15 is 0 Å². The average molecular weight is 438 g/mol. The van der Waals surface area contributed by atoms with Gasteiger partial charge in [-0.2, -0.15) is 0 Å². The zero-order valence-electron chi connectivity index (χ0n) is 16.8. The lowest BCUT2D eigenvalue weighted by Gasteiger charge is -2.28. The van der Waals surface area contributed by atoms with Gasteiger partial charge in [0.1, 0.15) is 0 Å². The molecule has 0 atom stereocenters. The second-order valence-electron chi connectivity index (χ2n) is 7.19. The van der Waals surface area contributed by atoms with Crippen LogP contribution in [0.4, 0.5) is 28.7 Å². The average Bonchev–Trinajstić information content (AvgIpc) is 3.25. The molecular formula is C21H20ClN7O2. The van der Waals surface area contributed by atoms with Gasteiger partial charge in [0, 0.05) is 35.2 Å². The molecule has 2 N–H and O–H groups in total. The topological polar surface area (TPSA) is 101 Å². The van der Waals surface area contributed by atoms with E-state index in [1.165, 1.54) is 0 Å². The van der Waals surface area contributed by atoms with E-state index in [0.717, 1.165) is 48.9 Å². The van der Waals surface area contributed by atoms with Gasteiger partial charge in [0.15, 0.2) is 11.6 Å². The molecule has 1 aliphatic heterocycles. The fraction of sp³-hybridized carbons (Fsp3) is 0.238. The lowest BCUT2D eigenvalue weighted by molar-refractivity contribution is 0.122. The minimum absolute atomic E-state index is 0.314. The molecule has 3 heterocycles. The van der Waals surface area contributed by atoms with E-state index in [1.54, 1.807) is 0 Å². The van der Waals surface area contributed by atoms with Crippen molar-refractivity contribution in [2.75, 3.05) is 41.8 Å². The second-order valence-corrected chi connectivity index (χ2v) is 7.60. The van der Waals surface area contributed by atoms with Gasteiger partial charge in [0.25, 0.3) is 0 Å².